The Labute approximate surface area is 93.3 Å². The van der Waals surface area contributed by atoms with E-state index in [1.807, 2.05) is 11.8 Å². The van der Waals surface area contributed by atoms with Crippen LogP contribution in [0.3, 0.4) is 0 Å². The zero-order valence-electron chi connectivity index (χ0n) is 10.3. The molecule has 0 saturated carbocycles. The van der Waals surface area contributed by atoms with Crippen LogP contribution in [0.5, 0.6) is 0 Å². The van der Waals surface area contributed by atoms with Gasteiger partial charge in [0, 0.05) is 19.5 Å². The number of hydrogen-bond donors (Lipinski definition) is 1. The smallest absolute Gasteiger partial charge is 0.222 e. The Hall–Kier alpha value is -0.830. The Morgan fingerprint density at radius 2 is 2.13 bits per heavy atom. The second-order valence-corrected chi connectivity index (χ2v) is 4.60. The maximum Gasteiger partial charge on any atom is 0.222 e. The summed E-state index contributed by atoms with van der Waals surface area (Å²) in [5.41, 5.74) is 5.66. The summed E-state index contributed by atoms with van der Waals surface area (Å²) in [5, 5.41) is 0. The third-order valence-electron chi connectivity index (χ3n) is 2.47. The van der Waals surface area contributed by atoms with E-state index in [0.717, 1.165) is 19.5 Å². The Kier molecular flexibility index (Phi) is 6.25. The first kappa shape index (κ1) is 14.2. The SMILES string of the molecule is C=CCCC(=O)N(CC)CC(C)(C)CN. The number of nitrogens with two attached hydrogens (primary N) is 1. The van der Waals surface area contributed by atoms with Crippen molar-refractivity contribution in [1.29, 1.82) is 0 Å². The summed E-state index contributed by atoms with van der Waals surface area (Å²) in [7, 11) is 0. The maximum absolute atomic E-state index is 11.8. The van der Waals surface area contributed by atoms with Crippen molar-refractivity contribution < 1.29 is 4.79 Å². The average Bonchev–Trinajstić information content (AvgIpc) is 2.22. The van der Waals surface area contributed by atoms with E-state index in [4.69, 9.17) is 5.73 Å². The molecule has 0 fully saturated rings. The van der Waals surface area contributed by atoms with Crippen LogP contribution in [0.15, 0.2) is 12.7 Å². The van der Waals surface area contributed by atoms with E-state index in [9.17, 15) is 4.79 Å². The van der Waals surface area contributed by atoms with Gasteiger partial charge in [-0.1, -0.05) is 19.9 Å². The minimum Gasteiger partial charge on any atom is -0.342 e. The van der Waals surface area contributed by atoms with Crippen molar-refractivity contribution in [3.63, 3.8) is 0 Å². The number of nitrogens with zero attached hydrogens (tertiary/aromatic N) is 1. The highest BCUT2D eigenvalue weighted by Crippen LogP contribution is 2.15. The maximum atomic E-state index is 11.8. The summed E-state index contributed by atoms with van der Waals surface area (Å²) in [6, 6.07) is 0. The minimum atomic E-state index is -0.000150. The van der Waals surface area contributed by atoms with Gasteiger partial charge in [-0.3, -0.25) is 4.79 Å². The molecule has 0 aromatic rings. The summed E-state index contributed by atoms with van der Waals surface area (Å²) in [4.78, 5) is 13.6. The van der Waals surface area contributed by atoms with Crippen molar-refractivity contribution in [2.24, 2.45) is 11.1 Å². The molecule has 0 aromatic carbocycles. The van der Waals surface area contributed by atoms with Gasteiger partial charge in [-0.05, 0) is 25.3 Å². The molecule has 1 amide bonds. The first-order chi connectivity index (χ1) is 6.96. The van der Waals surface area contributed by atoms with Gasteiger partial charge in [0.2, 0.25) is 5.91 Å². The fourth-order valence-electron chi connectivity index (χ4n) is 1.34. The van der Waals surface area contributed by atoms with Crippen LogP contribution in [0.4, 0.5) is 0 Å². The molecule has 88 valence electrons. The van der Waals surface area contributed by atoms with Gasteiger partial charge in [-0.15, -0.1) is 6.58 Å². The number of allylic oxidation sites excluding steroid dienone is 1. The highest BCUT2D eigenvalue weighted by Gasteiger charge is 2.21. The van der Waals surface area contributed by atoms with Crippen molar-refractivity contribution in [2.45, 2.75) is 33.6 Å². The highest BCUT2D eigenvalue weighted by molar-refractivity contribution is 5.76. The number of carbonyl (C=O) groups excluding carboxylic acids is 1. The van der Waals surface area contributed by atoms with Crippen LogP contribution < -0.4 is 5.73 Å². The van der Waals surface area contributed by atoms with E-state index in [1.165, 1.54) is 0 Å². The van der Waals surface area contributed by atoms with Crippen LogP contribution >= 0.6 is 0 Å². The van der Waals surface area contributed by atoms with E-state index >= 15 is 0 Å². The van der Waals surface area contributed by atoms with Gasteiger partial charge in [0.25, 0.3) is 0 Å². The van der Waals surface area contributed by atoms with Gasteiger partial charge in [0.1, 0.15) is 0 Å². The molecule has 0 heterocycles. The van der Waals surface area contributed by atoms with Crippen LogP contribution in [0.1, 0.15) is 33.6 Å². The lowest BCUT2D eigenvalue weighted by molar-refractivity contribution is -0.132. The number of hydrogen-bond acceptors (Lipinski definition) is 2. The molecule has 15 heavy (non-hydrogen) atoms. The molecule has 0 unspecified atom stereocenters. The van der Waals surface area contributed by atoms with Gasteiger partial charge in [-0.25, -0.2) is 0 Å². The molecule has 0 saturated heterocycles. The van der Waals surface area contributed by atoms with Crippen LogP contribution in [0.25, 0.3) is 0 Å². The summed E-state index contributed by atoms with van der Waals surface area (Å²) >= 11 is 0. The molecule has 3 nitrogen and oxygen atoms in total. The van der Waals surface area contributed by atoms with Crippen molar-refractivity contribution in [1.82, 2.24) is 4.90 Å². The molecule has 0 spiro atoms. The predicted molar refractivity (Wildman–Crippen MR) is 64.5 cm³/mol. The third kappa shape index (κ3) is 5.57. The Morgan fingerprint density at radius 1 is 1.53 bits per heavy atom. The van der Waals surface area contributed by atoms with Gasteiger partial charge in [-0.2, -0.15) is 0 Å². The van der Waals surface area contributed by atoms with Crippen LogP contribution in [0.2, 0.25) is 0 Å². The third-order valence-corrected chi connectivity index (χ3v) is 2.47. The summed E-state index contributed by atoms with van der Waals surface area (Å²) in [6.45, 7) is 11.9. The van der Waals surface area contributed by atoms with Gasteiger partial charge >= 0.3 is 0 Å². The Balaban J connectivity index is 4.23. The second-order valence-electron chi connectivity index (χ2n) is 4.60. The Morgan fingerprint density at radius 3 is 2.53 bits per heavy atom. The molecule has 0 aromatic heterocycles. The molecule has 0 aliphatic carbocycles. The van der Waals surface area contributed by atoms with Crippen LogP contribution in [0, 0.1) is 5.41 Å². The van der Waals surface area contributed by atoms with Crippen molar-refractivity contribution >= 4 is 5.91 Å². The topological polar surface area (TPSA) is 46.3 Å². The van der Waals surface area contributed by atoms with E-state index in [2.05, 4.69) is 20.4 Å². The Bertz CT molecular complexity index is 212. The first-order valence-corrected chi connectivity index (χ1v) is 5.55. The number of carbonyl (C=O) groups is 1. The molecule has 0 rings (SSSR count). The van der Waals surface area contributed by atoms with Crippen molar-refractivity contribution in [3.05, 3.63) is 12.7 Å². The molecule has 2 N–H and O–H groups in total. The molecule has 0 aliphatic heterocycles. The fraction of sp³-hybridized carbons (Fsp3) is 0.750. The van der Waals surface area contributed by atoms with Crippen LogP contribution in [-0.4, -0.2) is 30.4 Å². The number of rotatable bonds is 7. The molecular formula is C12H24N2O. The molecule has 0 bridgehead atoms. The molecule has 3 heteroatoms. The lowest BCUT2D eigenvalue weighted by Crippen LogP contribution is -2.41. The van der Waals surface area contributed by atoms with E-state index in [-0.39, 0.29) is 11.3 Å². The van der Waals surface area contributed by atoms with E-state index in [1.54, 1.807) is 6.08 Å². The van der Waals surface area contributed by atoms with Crippen LogP contribution in [-0.2, 0) is 4.79 Å². The molecular weight excluding hydrogens is 188 g/mol. The van der Waals surface area contributed by atoms with Gasteiger partial charge < -0.3 is 10.6 Å². The first-order valence-electron chi connectivity index (χ1n) is 5.55. The standard InChI is InChI=1S/C12H24N2O/c1-5-7-8-11(15)14(6-2)10-12(3,4)9-13/h5H,1,6-10,13H2,2-4H3. The monoisotopic (exact) mass is 212 g/mol. The predicted octanol–water partition coefficient (Wildman–Crippen LogP) is 1.79. The van der Waals surface area contributed by atoms with E-state index < -0.39 is 0 Å². The largest absolute Gasteiger partial charge is 0.342 e. The van der Waals surface area contributed by atoms with E-state index in [0.29, 0.717) is 13.0 Å². The normalized spacial score (nSPS) is 11.2. The van der Waals surface area contributed by atoms with Gasteiger partial charge in [0.05, 0.1) is 0 Å². The number of amides is 1. The summed E-state index contributed by atoms with van der Waals surface area (Å²) in [5.74, 6) is 0.193. The lowest BCUT2D eigenvalue weighted by atomic mass is 9.93. The summed E-state index contributed by atoms with van der Waals surface area (Å²) < 4.78 is 0. The fourth-order valence-corrected chi connectivity index (χ4v) is 1.34. The zero-order chi connectivity index (χ0) is 11.9. The molecule has 0 aliphatic rings. The van der Waals surface area contributed by atoms with Gasteiger partial charge in [0.15, 0.2) is 0 Å². The van der Waals surface area contributed by atoms with Crippen molar-refractivity contribution in [3.8, 4) is 0 Å². The second kappa shape index (κ2) is 6.62. The zero-order valence-corrected chi connectivity index (χ0v) is 10.3. The highest BCUT2D eigenvalue weighted by atomic mass is 16.2. The minimum absolute atomic E-state index is 0.000150. The molecule has 0 radical (unpaired) electrons. The summed E-state index contributed by atoms with van der Waals surface area (Å²) in [6.07, 6.45) is 3.08. The lowest BCUT2D eigenvalue weighted by Gasteiger charge is -2.31. The quantitative estimate of drug-likeness (QED) is 0.654. The van der Waals surface area contributed by atoms with Crippen molar-refractivity contribution in [2.75, 3.05) is 19.6 Å². The average molecular weight is 212 g/mol. The molecule has 0 atom stereocenters.